The van der Waals surface area contributed by atoms with Crippen molar-refractivity contribution in [1.29, 1.82) is 0 Å². The fraction of sp³-hybridized carbons (Fsp3) is 0.571. The first-order chi connectivity index (χ1) is 9.11. The SMILES string of the molecule is CC1(C)CN(c2ccc(S(C)(=O)=O)cc2F)CCC1N. The number of sulfone groups is 1. The second-order valence-corrected chi connectivity index (χ2v) is 8.21. The Kier molecular flexibility index (Phi) is 3.81. The van der Waals surface area contributed by atoms with Crippen molar-refractivity contribution >= 4 is 15.5 Å². The van der Waals surface area contributed by atoms with Crippen LogP contribution in [-0.4, -0.2) is 33.8 Å². The van der Waals surface area contributed by atoms with Crippen molar-refractivity contribution in [2.45, 2.75) is 31.2 Å². The van der Waals surface area contributed by atoms with E-state index in [1.54, 1.807) is 6.07 Å². The van der Waals surface area contributed by atoms with Crippen LogP contribution in [0, 0.1) is 11.2 Å². The fourth-order valence-corrected chi connectivity index (χ4v) is 3.19. The summed E-state index contributed by atoms with van der Waals surface area (Å²) < 4.78 is 37.0. The molecule has 0 saturated carbocycles. The minimum absolute atomic E-state index is 0.00622. The van der Waals surface area contributed by atoms with Crippen molar-refractivity contribution in [3.05, 3.63) is 24.0 Å². The average molecular weight is 300 g/mol. The van der Waals surface area contributed by atoms with E-state index >= 15 is 0 Å². The summed E-state index contributed by atoms with van der Waals surface area (Å²) in [5.41, 5.74) is 6.42. The van der Waals surface area contributed by atoms with Crippen LogP contribution in [-0.2, 0) is 9.84 Å². The van der Waals surface area contributed by atoms with E-state index in [1.807, 2.05) is 4.90 Å². The van der Waals surface area contributed by atoms with E-state index in [0.29, 0.717) is 18.8 Å². The molecule has 0 radical (unpaired) electrons. The third kappa shape index (κ3) is 2.96. The largest absolute Gasteiger partial charge is 0.369 e. The summed E-state index contributed by atoms with van der Waals surface area (Å²) >= 11 is 0. The number of nitrogens with zero attached hydrogens (tertiary/aromatic N) is 1. The van der Waals surface area contributed by atoms with Gasteiger partial charge in [-0.05, 0) is 30.0 Å². The molecule has 1 unspecified atom stereocenters. The van der Waals surface area contributed by atoms with Crippen LogP contribution in [0.4, 0.5) is 10.1 Å². The van der Waals surface area contributed by atoms with Gasteiger partial charge in [0, 0.05) is 25.4 Å². The molecule has 0 bridgehead atoms. The Bertz CT molecular complexity index is 614. The maximum Gasteiger partial charge on any atom is 0.175 e. The molecule has 1 aromatic carbocycles. The number of halogens is 1. The van der Waals surface area contributed by atoms with E-state index < -0.39 is 15.7 Å². The van der Waals surface area contributed by atoms with Gasteiger partial charge in [-0.25, -0.2) is 12.8 Å². The highest BCUT2D eigenvalue weighted by atomic mass is 32.2. The van der Waals surface area contributed by atoms with Crippen molar-refractivity contribution in [3.63, 3.8) is 0 Å². The molecular weight excluding hydrogens is 279 g/mol. The van der Waals surface area contributed by atoms with Gasteiger partial charge in [0.05, 0.1) is 10.6 Å². The van der Waals surface area contributed by atoms with Crippen molar-refractivity contribution in [2.75, 3.05) is 24.2 Å². The molecule has 2 N–H and O–H groups in total. The van der Waals surface area contributed by atoms with E-state index in [-0.39, 0.29) is 16.4 Å². The van der Waals surface area contributed by atoms with Gasteiger partial charge in [-0.1, -0.05) is 13.8 Å². The molecule has 1 heterocycles. The topological polar surface area (TPSA) is 63.4 Å². The second-order valence-electron chi connectivity index (χ2n) is 6.19. The Morgan fingerprint density at radius 2 is 2.05 bits per heavy atom. The van der Waals surface area contributed by atoms with Crippen LogP contribution in [0.3, 0.4) is 0 Å². The smallest absolute Gasteiger partial charge is 0.175 e. The normalized spacial score (nSPS) is 22.9. The maximum atomic E-state index is 14.2. The first-order valence-electron chi connectivity index (χ1n) is 6.61. The summed E-state index contributed by atoms with van der Waals surface area (Å²) in [5.74, 6) is -0.501. The van der Waals surface area contributed by atoms with Gasteiger partial charge in [0.1, 0.15) is 5.82 Å². The van der Waals surface area contributed by atoms with Gasteiger partial charge >= 0.3 is 0 Å². The van der Waals surface area contributed by atoms with Crippen LogP contribution < -0.4 is 10.6 Å². The minimum Gasteiger partial charge on any atom is -0.369 e. The Labute approximate surface area is 119 Å². The van der Waals surface area contributed by atoms with Crippen LogP contribution in [0.15, 0.2) is 23.1 Å². The first-order valence-corrected chi connectivity index (χ1v) is 8.50. The first kappa shape index (κ1) is 15.3. The summed E-state index contributed by atoms with van der Waals surface area (Å²) in [6.07, 6.45) is 1.87. The number of benzene rings is 1. The quantitative estimate of drug-likeness (QED) is 0.904. The summed E-state index contributed by atoms with van der Waals surface area (Å²) in [5, 5.41) is 0. The number of rotatable bonds is 2. The van der Waals surface area contributed by atoms with Crippen LogP contribution in [0.2, 0.25) is 0 Å². The van der Waals surface area contributed by atoms with Crippen LogP contribution in [0.5, 0.6) is 0 Å². The van der Waals surface area contributed by atoms with Crippen molar-refractivity contribution in [1.82, 2.24) is 0 Å². The lowest BCUT2D eigenvalue weighted by Gasteiger charge is -2.43. The van der Waals surface area contributed by atoms with Gasteiger partial charge in [0.15, 0.2) is 9.84 Å². The van der Waals surface area contributed by atoms with Gasteiger partial charge in [-0.15, -0.1) is 0 Å². The fourth-order valence-electron chi connectivity index (χ4n) is 2.55. The van der Waals surface area contributed by atoms with E-state index in [0.717, 1.165) is 18.7 Å². The molecule has 0 aliphatic carbocycles. The predicted octanol–water partition coefficient (Wildman–Crippen LogP) is 1.79. The van der Waals surface area contributed by atoms with Gasteiger partial charge in [0.2, 0.25) is 0 Å². The standard InChI is InChI=1S/C14H21FN2O2S/c1-14(2)9-17(7-6-13(14)16)12-5-4-10(8-11(12)15)20(3,18)19/h4-5,8,13H,6-7,9,16H2,1-3H3. The number of anilines is 1. The van der Waals surface area contributed by atoms with E-state index in [1.165, 1.54) is 6.07 Å². The zero-order valence-electron chi connectivity index (χ0n) is 12.1. The molecule has 1 aliphatic heterocycles. The van der Waals surface area contributed by atoms with Gasteiger partial charge in [-0.3, -0.25) is 0 Å². The molecule has 0 amide bonds. The summed E-state index contributed by atoms with van der Waals surface area (Å²) in [4.78, 5) is 1.94. The predicted molar refractivity (Wildman–Crippen MR) is 78.1 cm³/mol. The Hall–Kier alpha value is -1.14. The summed E-state index contributed by atoms with van der Waals surface area (Å²) in [7, 11) is -3.38. The molecule has 1 fully saturated rings. The molecule has 20 heavy (non-hydrogen) atoms. The maximum absolute atomic E-state index is 14.2. The minimum atomic E-state index is -3.38. The lowest BCUT2D eigenvalue weighted by Crippen LogP contribution is -2.52. The van der Waals surface area contributed by atoms with Gasteiger partial charge in [0.25, 0.3) is 0 Å². The van der Waals surface area contributed by atoms with Crippen molar-refractivity contribution < 1.29 is 12.8 Å². The molecule has 112 valence electrons. The van der Waals surface area contributed by atoms with Gasteiger partial charge < -0.3 is 10.6 Å². The number of piperidine rings is 1. The Morgan fingerprint density at radius 1 is 1.40 bits per heavy atom. The number of hydrogen-bond donors (Lipinski definition) is 1. The van der Waals surface area contributed by atoms with E-state index in [9.17, 15) is 12.8 Å². The summed E-state index contributed by atoms with van der Waals surface area (Å²) in [6, 6.07) is 4.18. The van der Waals surface area contributed by atoms with E-state index in [2.05, 4.69) is 13.8 Å². The van der Waals surface area contributed by atoms with Crippen LogP contribution >= 0.6 is 0 Å². The highest BCUT2D eigenvalue weighted by molar-refractivity contribution is 7.90. The molecule has 1 aliphatic rings. The molecule has 4 nitrogen and oxygen atoms in total. The van der Waals surface area contributed by atoms with Crippen molar-refractivity contribution in [2.24, 2.45) is 11.1 Å². The lowest BCUT2D eigenvalue weighted by atomic mass is 9.79. The molecule has 2 rings (SSSR count). The zero-order valence-corrected chi connectivity index (χ0v) is 12.9. The molecule has 6 heteroatoms. The third-order valence-electron chi connectivity index (χ3n) is 4.00. The molecular formula is C14H21FN2O2S. The number of hydrogen-bond acceptors (Lipinski definition) is 4. The van der Waals surface area contributed by atoms with E-state index in [4.69, 9.17) is 5.73 Å². The Morgan fingerprint density at radius 3 is 2.55 bits per heavy atom. The Balaban J connectivity index is 2.31. The lowest BCUT2D eigenvalue weighted by molar-refractivity contribution is 0.244. The summed E-state index contributed by atoms with van der Waals surface area (Å²) in [6.45, 7) is 5.46. The van der Waals surface area contributed by atoms with Crippen LogP contribution in [0.1, 0.15) is 20.3 Å². The van der Waals surface area contributed by atoms with Crippen molar-refractivity contribution in [3.8, 4) is 0 Å². The number of nitrogens with two attached hydrogens (primary N) is 1. The molecule has 0 spiro atoms. The van der Waals surface area contributed by atoms with Crippen LogP contribution in [0.25, 0.3) is 0 Å². The third-order valence-corrected chi connectivity index (χ3v) is 5.11. The zero-order chi connectivity index (χ0) is 15.1. The molecule has 1 atom stereocenters. The van der Waals surface area contributed by atoms with Gasteiger partial charge in [-0.2, -0.15) is 0 Å². The molecule has 1 aromatic rings. The average Bonchev–Trinajstić information content (AvgIpc) is 2.31. The highest BCUT2D eigenvalue weighted by Crippen LogP contribution is 2.32. The monoisotopic (exact) mass is 300 g/mol. The molecule has 0 aromatic heterocycles. The highest BCUT2D eigenvalue weighted by Gasteiger charge is 2.34. The second kappa shape index (κ2) is 5.00. The molecule has 1 saturated heterocycles.